The molecule has 0 aromatic carbocycles. The van der Waals surface area contributed by atoms with E-state index in [9.17, 15) is 5.11 Å². The van der Waals surface area contributed by atoms with Gasteiger partial charge in [-0.05, 0) is 31.7 Å². The zero-order valence-corrected chi connectivity index (χ0v) is 16.3. The Morgan fingerprint density at radius 3 is 2.74 bits per heavy atom. The van der Waals surface area contributed by atoms with E-state index in [4.69, 9.17) is 9.72 Å². The number of aliphatic hydroxyl groups is 1. The summed E-state index contributed by atoms with van der Waals surface area (Å²) in [6.45, 7) is 6.22. The number of ether oxygens (including phenoxy) is 1. The number of hydrogen-bond acceptors (Lipinski definition) is 7. The van der Waals surface area contributed by atoms with Crippen LogP contribution in [0.3, 0.4) is 0 Å². The second kappa shape index (κ2) is 8.71. The summed E-state index contributed by atoms with van der Waals surface area (Å²) in [4.78, 5) is 14.0. The van der Waals surface area contributed by atoms with Crippen LogP contribution in [0.25, 0.3) is 0 Å². The molecule has 3 aliphatic rings. The van der Waals surface area contributed by atoms with Crippen molar-refractivity contribution < 1.29 is 9.84 Å². The monoisotopic (exact) mass is 375 g/mol. The maximum Gasteiger partial charge on any atom is 0.224 e. The molecule has 3 fully saturated rings. The molecule has 7 heteroatoms. The Morgan fingerprint density at radius 2 is 1.96 bits per heavy atom. The minimum atomic E-state index is -0.253. The lowest BCUT2D eigenvalue weighted by Crippen LogP contribution is -2.58. The van der Waals surface area contributed by atoms with Gasteiger partial charge in [-0.1, -0.05) is 19.3 Å². The van der Waals surface area contributed by atoms with Crippen LogP contribution >= 0.6 is 0 Å². The third kappa shape index (κ3) is 4.52. The molecule has 0 spiro atoms. The molecule has 2 saturated heterocycles. The lowest BCUT2D eigenvalue weighted by Gasteiger charge is -2.48. The summed E-state index contributed by atoms with van der Waals surface area (Å²) in [6, 6.07) is 1.95. The molecule has 0 amide bonds. The Morgan fingerprint density at radius 1 is 1.15 bits per heavy atom. The van der Waals surface area contributed by atoms with E-state index >= 15 is 0 Å². The van der Waals surface area contributed by atoms with Crippen molar-refractivity contribution in [2.45, 2.75) is 56.6 Å². The van der Waals surface area contributed by atoms with Crippen LogP contribution < -0.4 is 10.2 Å². The van der Waals surface area contributed by atoms with Gasteiger partial charge in [-0.2, -0.15) is 4.98 Å². The first-order valence-electron chi connectivity index (χ1n) is 10.6. The summed E-state index contributed by atoms with van der Waals surface area (Å²) in [5.74, 6) is 1.61. The van der Waals surface area contributed by atoms with E-state index in [1.165, 1.54) is 32.1 Å². The van der Waals surface area contributed by atoms with E-state index in [0.29, 0.717) is 12.5 Å². The summed E-state index contributed by atoms with van der Waals surface area (Å²) >= 11 is 0. The highest BCUT2D eigenvalue weighted by atomic mass is 16.5. The predicted octanol–water partition coefficient (Wildman–Crippen LogP) is 1.88. The van der Waals surface area contributed by atoms with E-state index in [2.05, 4.69) is 20.1 Å². The van der Waals surface area contributed by atoms with Gasteiger partial charge in [-0.15, -0.1) is 0 Å². The molecule has 27 heavy (non-hydrogen) atoms. The van der Waals surface area contributed by atoms with Crippen molar-refractivity contribution >= 4 is 11.8 Å². The van der Waals surface area contributed by atoms with Gasteiger partial charge in [-0.3, -0.25) is 4.90 Å². The zero-order chi connectivity index (χ0) is 18.5. The van der Waals surface area contributed by atoms with Crippen molar-refractivity contribution in [3.8, 4) is 0 Å². The average Bonchev–Trinajstić information content (AvgIpc) is 2.74. The average molecular weight is 376 g/mol. The van der Waals surface area contributed by atoms with E-state index in [1.807, 2.05) is 12.3 Å². The fraction of sp³-hybridized carbons (Fsp3) is 0.800. The Hall–Kier alpha value is -1.44. The van der Waals surface area contributed by atoms with Gasteiger partial charge < -0.3 is 20.1 Å². The zero-order valence-electron chi connectivity index (χ0n) is 16.3. The molecule has 0 radical (unpaired) electrons. The molecule has 2 aliphatic heterocycles. The number of aliphatic hydroxyl groups excluding tert-OH is 1. The molecular weight excluding hydrogens is 342 g/mol. The van der Waals surface area contributed by atoms with Crippen LogP contribution in [0.2, 0.25) is 0 Å². The molecule has 1 aromatic heterocycles. The molecule has 2 N–H and O–H groups in total. The van der Waals surface area contributed by atoms with Crippen LogP contribution in [0.5, 0.6) is 0 Å². The smallest absolute Gasteiger partial charge is 0.224 e. The van der Waals surface area contributed by atoms with Crippen molar-refractivity contribution in [2.24, 2.45) is 0 Å². The van der Waals surface area contributed by atoms with Gasteiger partial charge in [0.05, 0.1) is 19.3 Å². The molecule has 0 bridgehead atoms. The number of aromatic nitrogens is 2. The topological polar surface area (TPSA) is 73.8 Å². The van der Waals surface area contributed by atoms with Crippen LogP contribution in [-0.2, 0) is 4.74 Å². The number of piperidine rings is 1. The largest absolute Gasteiger partial charge is 0.391 e. The van der Waals surface area contributed by atoms with Crippen molar-refractivity contribution in [3.05, 3.63) is 12.3 Å². The molecule has 0 unspecified atom stereocenters. The van der Waals surface area contributed by atoms with Crippen LogP contribution in [0.1, 0.15) is 44.9 Å². The van der Waals surface area contributed by atoms with Gasteiger partial charge in [0, 0.05) is 44.5 Å². The first kappa shape index (κ1) is 18.9. The highest BCUT2D eigenvalue weighted by Gasteiger charge is 2.38. The number of morpholine rings is 1. The van der Waals surface area contributed by atoms with Gasteiger partial charge >= 0.3 is 0 Å². The predicted molar refractivity (Wildman–Crippen MR) is 106 cm³/mol. The first-order chi connectivity index (χ1) is 13.3. The van der Waals surface area contributed by atoms with Crippen LogP contribution in [0, 0.1) is 0 Å². The Balaban J connectivity index is 1.43. The molecule has 3 heterocycles. The van der Waals surface area contributed by atoms with Crippen LogP contribution in [0.4, 0.5) is 11.8 Å². The van der Waals surface area contributed by atoms with Crippen LogP contribution in [-0.4, -0.2) is 77.6 Å². The standard InChI is InChI=1S/C20H33N5O2/c26-17-5-4-10-24(15-17)18-6-9-21-19(23-18)22-16-20(7-2-1-3-8-20)25-11-13-27-14-12-25/h6,9,17,26H,1-5,7-8,10-16H2,(H,21,22,23)/t17-/m0/s1. The summed E-state index contributed by atoms with van der Waals surface area (Å²) in [5, 5.41) is 13.5. The van der Waals surface area contributed by atoms with Crippen molar-refractivity contribution in [2.75, 3.05) is 56.2 Å². The molecule has 150 valence electrons. The summed E-state index contributed by atoms with van der Waals surface area (Å²) < 4.78 is 5.58. The molecule has 4 rings (SSSR count). The van der Waals surface area contributed by atoms with Gasteiger partial charge in [-0.25, -0.2) is 4.98 Å². The fourth-order valence-electron chi connectivity index (χ4n) is 4.87. The normalized spacial score (nSPS) is 26.7. The van der Waals surface area contributed by atoms with Gasteiger partial charge in [0.25, 0.3) is 0 Å². The van der Waals surface area contributed by atoms with Gasteiger partial charge in [0.15, 0.2) is 0 Å². The molecular formula is C20H33N5O2. The quantitative estimate of drug-likeness (QED) is 0.814. The van der Waals surface area contributed by atoms with Gasteiger partial charge in [0.2, 0.25) is 5.95 Å². The Bertz CT molecular complexity index is 602. The van der Waals surface area contributed by atoms with Crippen molar-refractivity contribution in [1.82, 2.24) is 14.9 Å². The minimum absolute atomic E-state index is 0.197. The highest BCUT2D eigenvalue weighted by Crippen LogP contribution is 2.34. The summed E-state index contributed by atoms with van der Waals surface area (Å²) in [7, 11) is 0. The third-order valence-electron chi connectivity index (χ3n) is 6.40. The van der Waals surface area contributed by atoms with Crippen molar-refractivity contribution in [1.29, 1.82) is 0 Å². The highest BCUT2D eigenvalue weighted by molar-refractivity contribution is 5.43. The Labute approximate surface area is 162 Å². The second-order valence-corrected chi connectivity index (χ2v) is 8.22. The maximum absolute atomic E-state index is 9.95. The SMILES string of the molecule is O[C@H]1CCCN(c2ccnc(NCC3(N4CCOCC4)CCCCC3)n2)C1. The van der Waals surface area contributed by atoms with Crippen molar-refractivity contribution in [3.63, 3.8) is 0 Å². The fourth-order valence-corrected chi connectivity index (χ4v) is 4.87. The molecule has 7 nitrogen and oxygen atoms in total. The van der Waals surface area contributed by atoms with E-state index in [1.54, 1.807) is 0 Å². The van der Waals surface area contributed by atoms with E-state index in [0.717, 1.165) is 58.1 Å². The number of nitrogens with one attached hydrogen (secondary N) is 1. The van der Waals surface area contributed by atoms with E-state index in [-0.39, 0.29) is 11.6 Å². The number of nitrogens with zero attached hydrogens (tertiary/aromatic N) is 4. The molecule has 1 aromatic rings. The number of hydrogen-bond donors (Lipinski definition) is 2. The summed E-state index contributed by atoms with van der Waals surface area (Å²) in [6.07, 6.45) is 9.87. The van der Waals surface area contributed by atoms with Crippen LogP contribution in [0.15, 0.2) is 12.3 Å². The summed E-state index contributed by atoms with van der Waals surface area (Å²) in [5.41, 5.74) is 0.197. The Kier molecular flexibility index (Phi) is 6.10. The maximum atomic E-state index is 9.95. The number of rotatable bonds is 5. The minimum Gasteiger partial charge on any atom is -0.391 e. The number of anilines is 2. The third-order valence-corrected chi connectivity index (χ3v) is 6.40. The first-order valence-corrected chi connectivity index (χ1v) is 10.6. The lowest BCUT2D eigenvalue weighted by molar-refractivity contribution is -0.0319. The molecule has 1 atom stereocenters. The molecule has 1 aliphatic carbocycles. The van der Waals surface area contributed by atoms with Gasteiger partial charge in [0.1, 0.15) is 5.82 Å². The second-order valence-electron chi connectivity index (χ2n) is 8.22. The van der Waals surface area contributed by atoms with E-state index < -0.39 is 0 Å². The molecule has 1 saturated carbocycles. The number of β-amino-alcohol motifs (C(OH)–C–C–N with tert-alkyl or cyclic N) is 1. The lowest BCUT2D eigenvalue weighted by atomic mass is 9.80.